The van der Waals surface area contributed by atoms with E-state index in [1.807, 2.05) is 6.07 Å². The van der Waals surface area contributed by atoms with E-state index >= 15 is 0 Å². The zero-order valence-electron chi connectivity index (χ0n) is 17.1. The number of aromatic nitrogens is 2. The van der Waals surface area contributed by atoms with Crippen molar-refractivity contribution in [3.8, 4) is 5.69 Å². The highest BCUT2D eigenvalue weighted by atomic mass is 127. The Balaban J connectivity index is 2.00. The van der Waals surface area contributed by atoms with E-state index in [0.717, 1.165) is 3.57 Å². The molecule has 0 fully saturated rings. The first kappa shape index (κ1) is 22.3. The summed E-state index contributed by atoms with van der Waals surface area (Å²) in [4.78, 5) is 39.9. The molecule has 0 unspecified atom stereocenters. The van der Waals surface area contributed by atoms with Crippen molar-refractivity contribution >= 4 is 57.0 Å². The minimum absolute atomic E-state index is 0.0936. The average molecular weight is 554 g/mol. The van der Waals surface area contributed by atoms with Crippen molar-refractivity contribution in [3.05, 3.63) is 112 Å². The van der Waals surface area contributed by atoms with Gasteiger partial charge in [-0.3, -0.25) is 29.6 Å². The number of para-hydroxylation sites is 1. The van der Waals surface area contributed by atoms with Crippen molar-refractivity contribution in [2.45, 2.75) is 6.92 Å². The molecule has 9 nitrogen and oxygen atoms in total. The summed E-state index contributed by atoms with van der Waals surface area (Å²) in [5, 5.41) is 23.2. The summed E-state index contributed by atoms with van der Waals surface area (Å²) in [5.74, 6) is 0.185. The van der Waals surface area contributed by atoms with Crippen LogP contribution in [0.25, 0.3) is 28.7 Å². The Morgan fingerprint density at radius 2 is 1.67 bits per heavy atom. The van der Waals surface area contributed by atoms with Crippen molar-refractivity contribution < 1.29 is 9.85 Å². The minimum Gasteiger partial charge on any atom is -0.268 e. The third kappa shape index (κ3) is 4.37. The fourth-order valence-corrected chi connectivity index (χ4v) is 3.92. The molecule has 0 spiro atoms. The van der Waals surface area contributed by atoms with Crippen molar-refractivity contribution in [2.24, 2.45) is 0 Å². The number of aryl methyl sites for hydroxylation is 1. The lowest BCUT2D eigenvalue weighted by atomic mass is 10.1. The third-order valence-electron chi connectivity index (χ3n) is 5.05. The lowest BCUT2D eigenvalue weighted by molar-refractivity contribution is -0.385. The van der Waals surface area contributed by atoms with Crippen molar-refractivity contribution in [2.75, 3.05) is 0 Å². The molecule has 4 aromatic rings. The fourth-order valence-electron chi connectivity index (χ4n) is 3.43. The molecule has 0 saturated carbocycles. The zero-order valence-corrected chi connectivity index (χ0v) is 19.3. The predicted octanol–water partition coefficient (Wildman–Crippen LogP) is 5.29. The molecule has 1 heterocycles. The molecular formula is C23H15IN4O5. The summed E-state index contributed by atoms with van der Waals surface area (Å²) in [6.07, 6.45) is 2.99. The molecule has 0 bridgehead atoms. The van der Waals surface area contributed by atoms with Gasteiger partial charge in [-0.25, -0.2) is 4.98 Å². The number of halogens is 1. The molecule has 0 saturated heterocycles. The van der Waals surface area contributed by atoms with Gasteiger partial charge in [-0.2, -0.15) is 0 Å². The molecule has 0 aliphatic carbocycles. The topological polar surface area (TPSA) is 121 Å². The molecule has 10 heteroatoms. The molecule has 0 aliphatic rings. The van der Waals surface area contributed by atoms with Crippen LogP contribution in [-0.4, -0.2) is 19.4 Å². The van der Waals surface area contributed by atoms with E-state index in [9.17, 15) is 25.0 Å². The molecule has 164 valence electrons. The first-order chi connectivity index (χ1) is 15.8. The second-order valence-electron chi connectivity index (χ2n) is 7.15. The molecular weight excluding hydrogens is 539 g/mol. The number of hydrogen-bond acceptors (Lipinski definition) is 6. The van der Waals surface area contributed by atoms with Crippen LogP contribution in [0, 0.1) is 30.7 Å². The Bertz CT molecular complexity index is 1530. The first-order valence-corrected chi connectivity index (χ1v) is 10.7. The van der Waals surface area contributed by atoms with Crippen LogP contribution in [0.4, 0.5) is 11.4 Å². The summed E-state index contributed by atoms with van der Waals surface area (Å²) in [6, 6.07) is 15.9. The minimum atomic E-state index is -0.510. The summed E-state index contributed by atoms with van der Waals surface area (Å²) in [6.45, 7) is 1.61. The summed E-state index contributed by atoms with van der Waals surface area (Å²) >= 11 is 2.09. The van der Waals surface area contributed by atoms with Gasteiger partial charge in [-0.15, -0.1) is 0 Å². The van der Waals surface area contributed by atoms with Crippen LogP contribution in [0.3, 0.4) is 0 Å². The quantitative estimate of drug-likeness (QED) is 0.188. The number of fused-ring (bicyclic) bond motifs is 1. The largest absolute Gasteiger partial charge is 0.276 e. The molecule has 4 rings (SSSR count). The number of nitro benzene ring substituents is 2. The number of hydrogen-bond donors (Lipinski definition) is 0. The molecule has 0 atom stereocenters. The van der Waals surface area contributed by atoms with Gasteiger partial charge >= 0.3 is 0 Å². The van der Waals surface area contributed by atoms with Gasteiger partial charge in [0.2, 0.25) is 0 Å². The maximum atomic E-state index is 13.5. The van der Waals surface area contributed by atoms with E-state index in [2.05, 4.69) is 27.6 Å². The van der Waals surface area contributed by atoms with E-state index in [0.29, 0.717) is 22.0 Å². The molecule has 0 amide bonds. The molecule has 0 radical (unpaired) electrons. The Kier molecular flexibility index (Phi) is 6.01. The number of nitro groups is 2. The highest BCUT2D eigenvalue weighted by Crippen LogP contribution is 2.25. The normalized spacial score (nSPS) is 11.2. The summed E-state index contributed by atoms with van der Waals surface area (Å²) in [5.41, 5.74) is 0.880. The maximum absolute atomic E-state index is 13.5. The van der Waals surface area contributed by atoms with E-state index in [-0.39, 0.29) is 22.9 Å². The Morgan fingerprint density at radius 1 is 0.939 bits per heavy atom. The summed E-state index contributed by atoms with van der Waals surface area (Å²) < 4.78 is 2.11. The Hall–Kier alpha value is -3.93. The number of rotatable bonds is 5. The van der Waals surface area contributed by atoms with Gasteiger partial charge in [0.1, 0.15) is 5.82 Å². The molecule has 1 aromatic heterocycles. The van der Waals surface area contributed by atoms with Crippen LogP contribution in [0.1, 0.15) is 17.0 Å². The highest BCUT2D eigenvalue weighted by Gasteiger charge is 2.17. The molecule has 0 aliphatic heterocycles. The second-order valence-corrected chi connectivity index (χ2v) is 8.39. The average Bonchev–Trinajstić information content (AvgIpc) is 2.79. The molecule has 3 aromatic carbocycles. The number of nitrogens with zero attached hydrogens (tertiary/aromatic N) is 4. The van der Waals surface area contributed by atoms with Gasteiger partial charge in [0, 0.05) is 21.3 Å². The smallest absolute Gasteiger partial charge is 0.268 e. The van der Waals surface area contributed by atoms with Gasteiger partial charge in [0.05, 0.1) is 32.0 Å². The van der Waals surface area contributed by atoms with Crippen LogP contribution in [0.2, 0.25) is 0 Å². The third-order valence-corrected chi connectivity index (χ3v) is 5.72. The van der Waals surface area contributed by atoms with E-state index in [4.69, 9.17) is 0 Å². The standard InChI is InChI=1S/C23H15IN4O5/c1-14-6-9-17(13-21(14)28(32)33)26-22(11-7-15-4-2-3-5-20(15)27(30)31)25-19-10-8-16(24)12-18(19)23(26)29/h2-13H,1H3/b11-7+. The molecule has 33 heavy (non-hydrogen) atoms. The van der Waals surface area contributed by atoms with Crippen LogP contribution in [-0.2, 0) is 0 Å². The van der Waals surface area contributed by atoms with E-state index in [1.54, 1.807) is 49.4 Å². The number of benzene rings is 3. The second kappa shape index (κ2) is 8.90. The van der Waals surface area contributed by atoms with Crippen LogP contribution in [0.15, 0.2) is 65.5 Å². The van der Waals surface area contributed by atoms with Gasteiger partial charge in [0.25, 0.3) is 16.9 Å². The Labute approximate surface area is 200 Å². The Morgan fingerprint density at radius 3 is 2.39 bits per heavy atom. The van der Waals surface area contributed by atoms with Crippen molar-refractivity contribution in [1.29, 1.82) is 0 Å². The van der Waals surface area contributed by atoms with Gasteiger partial charge in [-0.1, -0.05) is 18.2 Å². The zero-order chi connectivity index (χ0) is 23.7. The van der Waals surface area contributed by atoms with Crippen LogP contribution in [0.5, 0.6) is 0 Å². The predicted molar refractivity (Wildman–Crippen MR) is 133 cm³/mol. The van der Waals surface area contributed by atoms with E-state index < -0.39 is 15.4 Å². The van der Waals surface area contributed by atoms with Crippen molar-refractivity contribution in [3.63, 3.8) is 0 Å². The van der Waals surface area contributed by atoms with Crippen molar-refractivity contribution in [1.82, 2.24) is 9.55 Å². The maximum Gasteiger partial charge on any atom is 0.276 e. The van der Waals surface area contributed by atoms with Gasteiger partial charge < -0.3 is 0 Å². The van der Waals surface area contributed by atoms with Crippen LogP contribution < -0.4 is 5.56 Å². The lowest BCUT2D eigenvalue weighted by Gasteiger charge is -2.12. The highest BCUT2D eigenvalue weighted by molar-refractivity contribution is 14.1. The fraction of sp³-hybridized carbons (Fsp3) is 0.0435. The SMILES string of the molecule is Cc1ccc(-n2c(/C=C/c3ccccc3[N+](=O)[O-])nc3ccc(I)cc3c2=O)cc1[N+](=O)[O-]. The monoisotopic (exact) mass is 554 g/mol. The van der Waals surface area contributed by atoms with Gasteiger partial charge in [-0.05, 0) is 72.0 Å². The van der Waals surface area contributed by atoms with Gasteiger partial charge in [0.15, 0.2) is 0 Å². The van der Waals surface area contributed by atoms with E-state index in [1.165, 1.54) is 28.9 Å². The lowest BCUT2D eigenvalue weighted by Crippen LogP contribution is -2.22. The summed E-state index contributed by atoms with van der Waals surface area (Å²) in [7, 11) is 0. The van der Waals surface area contributed by atoms with Crippen LogP contribution >= 0.6 is 22.6 Å². The first-order valence-electron chi connectivity index (χ1n) is 9.65. The molecule has 0 N–H and O–H groups in total.